The Morgan fingerprint density at radius 3 is 2.75 bits per heavy atom. The van der Waals surface area contributed by atoms with Crippen LogP contribution in [0.15, 0.2) is 72.9 Å². The van der Waals surface area contributed by atoms with Gasteiger partial charge in [0.2, 0.25) is 11.8 Å². The van der Waals surface area contributed by atoms with Gasteiger partial charge in [0, 0.05) is 38.6 Å². The number of ether oxygens (including phenoxy) is 1. The number of carbonyl (C=O) groups excluding carboxylic acids is 2. The molecule has 4 bridgehead atoms. The molecule has 1 saturated heterocycles. The van der Waals surface area contributed by atoms with E-state index in [4.69, 9.17) is 4.74 Å². The highest BCUT2D eigenvalue weighted by molar-refractivity contribution is 6.11. The predicted octanol–water partition coefficient (Wildman–Crippen LogP) is 3.55. The van der Waals surface area contributed by atoms with Crippen LogP contribution in [0.3, 0.4) is 0 Å². The van der Waals surface area contributed by atoms with E-state index >= 15 is 0 Å². The van der Waals surface area contributed by atoms with Crippen LogP contribution in [-0.2, 0) is 21.5 Å². The third-order valence-electron chi connectivity index (χ3n) is 7.82. The zero-order valence-electron chi connectivity index (χ0n) is 20.5. The molecule has 0 unspecified atom stereocenters. The van der Waals surface area contributed by atoms with Crippen molar-refractivity contribution in [2.45, 2.75) is 30.8 Å². The van der Waals surface area contributed by atoms with Crippen molar-refractivity contribution >= 4 is 17.5 Å². The molecule has 0 radical (unpaired) electrons. The Balaban J connectivity index is 1.52. The smallest absolute Gasteiger partial charge is 0.242 e. The van der Waals surface area contributed by atoms with Crippen molar-refractivity contribution in [2.24, 2.45) is 0 Å². The lowest BCUT2D eigenvalue weighted by Gasteiger charge is -2.35. The number of likely N-dealkylation sites (tertiary alicyclic amines) is 1. The summed E-state index contributed by atoms with van der Waals surface area (Å²) in [6.45, 7) is 2.52. The zero-order chi connectivity index (χ0) is 24.7. The van der Waals surface area contributed by atoms with E-state index in [0.717, 1.165) is 41.2 Å². The Morgan fingerprint density at radius 2 is 1.89 bits per heavy atom. The summed E-state index contributed by atoms with van der Waals surface area (Å²) in [5.41, 5.74) is 3.07. The molecule has 2 amide bonds. The highest BCUT2D eigenvalue weighted by Crippen LogP contribution is 2.57. The van der Waals surface area contributed by atoms with Crippen LogP contribution in [0.1, 0.15) is 35.7 Å². The van der Waals surface area contributed by atoms with Gasteiger partial charge >= 0.3 is 0 Å². The fourth-order valence-electron chi connectivity index (χ4n) is 6.12. The van der Waals surface area contributed by atoms with E-state index < -0.39 is 5.41 Å². The van der Waals surface area contributed by atoms with Gasteiger partial charge in [-0.25, -0.2) is 0 Å². The summed E-state index contributed by atoms with van der Waals surface area (Å²) in [6.07, 6.45) is 3.20. The molecular weight excluding hydrogens is 452 g/mol. The predicted molar refractivity (Wildman–Crippen MR) is 137 cm³/mol. The van der Waals surface area contributed by atoms with Gasteiger partial charge in [0.25, 0.3) is 0 Å². The topological polar surface area (TPSA) is 66.0 Å². The molecule has 1 spiro atoms. The first kappa shape index (κ1) is 22.7. The molecule has 7 nitrogen and oxygen atoms in total. The first-order valence-electron chi connectivity index (χ1n) is 12.6. The van der Waals surface area contributed by atoms with Crippen molar-refractivity contribution in [3.8, 4) is 5.75 Å². The molecule has 3 aliphatic heterocycles. The van der Waals surface area contributed by atoms with Crippen LogP contribution in [0, 0.1) is 0 Å². The van der Waals surface area contributed by atoms with Gasteiger partial charge in [0.05, 0.1) is 23.8 Å². The Morgan fingerprint density at radius 1 is 1.03 bits per heavy atom. The summed E-state index contributed by atoms with van der Waals surface area (Å²) in [4.78, 5) is 38.0. The number of benzene rings is 2. The molecule has 36 heavy (non-hydrogen) atoms. The first-order valence-corrected chi connectivity index (χ1v) is 12.6. The number of carbonyl (C=O) groups is 2. The van der Waals surface area contributed by atoms with Gasteiger partial charge < -0.3 is 14.5 Å². The van der Waals surface area contributed by atoms with Crippen LogP contribution in [0.2, 0.25) is 0 Å². The van der Waals surface area contributed by atoms with E-state index in [9.17, 15) is 9.59 Å². The molecule has 184 valence electrons. The van der Waals surface area contributed by atoms with E-state index in [0.29, 0.717) is 26.1 Å². The number of pyridine rings is 1. The maximum absolute atomic E-state index is 14.5. The molecule has 7 heteroatoms. The van der Waals surface area contributed by atoms with Gasteiger partial charge in [-0.05, 0) is 54.3 Å². The van der Waals surface area contributed by atoms with Gasteiger partial charge in [-0.3, -0.25) is 19.5 Å². The van der Waals surface area contributed by atoms with Gasteiger partial charge in [-0.15, -0.1) is 0 Å². The molecule has 1 aromatic heterocycles. The van der Waals surface area contributed by atoms with Crippen LogP contribution in [0.25, 0.3) is 0 Å². The number of aromatic nitrogens is 1. The molecule has 2 aromatic carbocycles. The minimum absolute atomic E-state index is 0.00218. The van der Waals surface area contributed by atoms with Crippen molar-refractivity contribution in [2.75, 3.05) is 38.2 Å². The number of para-hydroxylation sites is 1. The number of rotatable bonds is 2. The van der Waals surface area contributed by atoms with Crippen LogP contribution >= 0.6 is 0 Å². The second kappa shape index (κ2) is 9.06. The maximum Gasteiger partial charge on any atom is 0.242 e. The molecule has 0 aliphatic carbocycles. The lowest BCUT2D eigenvalue weighted by atomic mass is 9.72. The van der Waals surface area contributed by atoms with Crippen molar-refractivity contribution < 1.29 is 14.3 Å². The SMILES string of the molecule is CN1CCCOc2cccc(c2)[C@@H]2N(Cc3ccccn3)CC[C@]23C(=O)N(CC1=O)c1ccccc13. The van der Waals surface area contributed by atoms with Crippen molar-refractivity contribution in [3.05, 3.63) is 89.7 Å². The van der Waals surface area contributed by atoms with E-state index in [2.05, 4.69) is 28.1 Å². The Labute approximate surface area is 211 Å². The summed E-state index contributed by atoms with van der Waals surface area (Å²) in [6, 6.07) is 21.9. The average Bonchev–Trinajstić information content (AvgIpc) is 3.39. The largest absolute Gasteiger partial charge is 0.494 e. The molecule has 4 heterocycles. The van der Waals surface area contributed by atoms with Crippen molar-refractivity contribution in [3.63, 3.8) is 0 Å². The minimum Gasteiger partial charge on any atom is -0.494 e. The van der Waals surface area contributed by atoms with Gasteiger partial charge in [0.15, 0.2) is 0 Å². The number of likely N-dealkylation sites (N-methyl/N-ethyl adjacent to an activating group) is 1. The first-order chi connectivity index (χ1) is 17.6. The van der Waals surface area contributed by atoms with E-state index in [-0.39, 0.29) is 24.4 Å². The minimum atomic E-state index is -0.785. The number of anilines is 1. The summed E-state index contributed by atoms with van der Waals surface area (Å²) in [5, 5.41) is 0. The average molecular weight is 483 g/mol. The van der Waals surface area contributed by atoms with Gasteiger partial charge in [-0.2, -0.15) is 0 Å². The lowest BCUT2D eigenvalue weighted by Crippen LogP contribution is -2.47. The Bertz CT molecular complexity index is 1300. The number of amides is 2. The summed E-state index contributed by atoms with van der Waals surface area (Å²) in [5.74, 6) is 0.724. The summed E-state index contributed by atoms with van der Waals surface area (Å²) >= 11 is 0. The maximum atomic E-state index is 14.5. The monoisotopic (exact) mass is 482 g/mol. The van der Waals surface area contributed by atoms with Crippen molar-refractivity contribution in [1.29, 1.82) is 0 Å². The second-order valence-corrected chi connectivity index (χ2v) is 9.91. The molecule has 3 aliphatic rings. The lowest BCUT2D eigenvalue weighted by molar-refractivity contribution is -0.131. The fourth-order valence-corrected chi connectivity index (χ4v) is 6.12. The highest BCUT2D eigenvalue weighted by atomic mass is 16.5. The number of hydrogen-bond donors (Lipinski definition) is 0. The molecule has 6 rings (SSSR count). The van der Waals surface area contributed by atoms with E-state index in [1.54, 1.807) is 16.8 Å². The van der Waals surface area contributed by atoms with Crippen LogP contribution in [-0.4, -0.2) is 59.9 Å². The van der Waals surface area contributed by atoms with E-state index in [1.165, 1.54) is 0 Å². The molecule has 0 saturated carbocycles. The molecule has 1 fully saturated rings. The number of nitrogens with zero attached hydrogens (tertiary/aromatic N) is 4. The quantitative estimate of drug-likeness (QED) is 0.559. The molecule has 2 atom stereocenters. The van der Waals surface area contributed by atoms with Crippen LogP contribution in [0.5, 0.6) is 5.75 Å². The number of hydrogen-bond acceptors (Lipinski definition) is 5. The normalized spacial score (nSPS) is 24.2. The van der Waals surface area contributed by atoms with Crippen LogP contribution in [0.4, 0.5) is 5.69 Å². The molecule has 3 aromatic rings. The molecular formula is C29H30N4O3. The van der Waals surface area contributed by atoms with Gasteiger partial charge in [0.1, 0.15) is 12.3 Å². The van der Waals surface area contributed by atoms with Crippen LogP contribution < -0.4 is 9.64 Å². The van der Waals surface area contributed by atoms with Crippen molar-refractivity contribution in [1.82, 2.24) is 14.8 Å². The highest BCUT2D eigenvalue weighted by Gasteiger charge is 2.60. The Hall–Kier alpha value is -3.71. The fraction of sp³-hybridized carbons (Fsp3) is 0.345. The van der Waals surface area contributed by atoms with Gasteiger partial charge in [-0.1, -0.05) is 36.4 Å². The van der Waals surface area contributed by atoms with E-state index in [1.807, 2.05) is 54.7 Å². The summed E-state index contributed by atoms with van der Waals surface area (Å²) < 4.78 is 6.09. The summed E-state index contributed by atoms with van der Waals surface area (Å²) in [7, 11) is 1.80. The Kier molecular flexibility index (Phi) is 5.72. The third-order valence-corrected chi connectivity index (χ3v) is 7.82. The second-order valence-electron chi connectivity index (χ2n) is 9.91. The third kappa shape index (κ3) is 3.66. The molecule has 0 N–H and O–H groups in total. The number of fused-ring (bicyclic) bond motifs is 6. The standard InChI is InChI=1S/C29H30N4O3/c1-31-15-7-17-36-23-10-6-8-21(18-23)27-29(13-16-32(27)19-22-9-4-5-14-30-22)24-11-2-3-12-25(24)33(28(29)35)20-26(31)34/h2-6,8-12,14,18,27H,7,13,15-17,19-20H2,1H3/t27-,29+/m0/s1. The zero-order valence-corrected chi connectivity index (χ0v) is 20.5.